The highest BCUT2D eigenvalue weighted by atomic mass is 16.7. The molecule has 14 nitrogen and oxygen atoms in total. The fourth-order valence-electron chi connectivity index (χ4n) is 9.33. The summed E-state index contributed by atoms with van der Waals surface area (Å²) in [6.07, 6.45) is -4.16. The molecule has 3 N–H and O–H groups in total. The standard InChI is InChI=1S/C43H70N4O10/c1-24(2)44-41-47(11)32-18-26(4)53-40(36(32)56-41)57-38-27(5)35(55-34-22-43(9,52-12)37(49)29(7)54-34)28(6)39(50)45-31(19-30-16-14-13-15-17-30)20-33(48)46(10)23-25(3)21-42(38,8)51/h13-17,24-29,31-32,34-38,40,49,51H,18-23H2,1-12H3,(H,45,50)/t25-,26-,27+,28-,29+,31?,32+,34+,35+,36-,37+,38-,40+,42-,43-/m1/s1. The first kappa shape index (κ1) is 45.2. The van der Waals surface area contributed by atoms with Gasteiger partial charge in [0.25, 0.3) is 6.02 Å². The molecule has 0 bridgehead atoms. The summed E-state index contributed by atoms with van der Waals surface area (Å²) in [5.41, 5.74) is -1.49. The first-order valence-electron chi connectivity index (χ1n) is 20.9. The quantitative estimate of drug-likeness (QED) is 0.350. The van der Waals surface area contributed by atoms with Crippen LogP contribution in [0.5, 0.6) is 0 Å². The molecule has 57 heavy (non-hydrogen) atoms. The normalized spacial score (nSPS) is 42.1. The highest BCUT2D eigenvalue weighted by molar-refractivity contribution is 5.81. The monoisotopic (exact) mass is 803 g/mol. The average molecular weight is 803 g/mol. The Morgan fingerprint density at radius 2 is 1.70 bits per heavy atom. The van der Waals surface area contributed by atoms with Gasteiger partial charge in [-0.2, -0.15) is 0 Å². The molecule has 4 aliphatic heterocycles. The van der Waals surface area contributed by atoms with Gasteiger partial charge < -0.3 is 53.8 Å². The maximum atomic E-state index is 14.5. The van der Waals surface area contributed by atoms with Gasteiger partial charge in [0.2, 0.25) is 11.8 Å². The van der Waals surface area contributed by atoms with Crippen LogP contribution in [0.25, 0.3) is 0 Å². The van der Waals surface area contributed by atoms with Crippen molar-refractivity contribution in [2.24, 2.45) is 22.7 Å². The van der Waals surface area contributed by atoms with Crippen LogP contribution in [0.15, 0.2) is 35.3 Å². The van der Waals surface area contributed by atoms with Gasteiger partial charge in [0.15, 0.2) is 18.7 Å². The summed E-state index contributed by atoms with van der Waals surface area (Å²) in [5, 5.41) is 26.9. The van der Waals surface area contributed by atoms with Gasteiger partial charge in [-0.25, -0.2) is 4.99 Å². The zero-order valence-corrected chi connectivity index (χ0v) is 36.2. The van der Waals surface area contributed by atoms with E-state index in [1.165, 1.54) is 0 Å². The molecule has 0 aliphatic carbocycles. The number of aliphatic imine (C=N–C) groups is 1. The number of hydrogen-bond donors (Lipinski definition) is 3. The first-order valence-corrected chi connectivity index (χ1v) is 20.9. The van der Waals surface area contributed by atoms with Gasteiger partial charge in [-0.15, -0.1) is 0 Å². The minimum absolute atomic E-state index is 0.00999. The number of rotatable bonds is 8. The molecular formula is C43H70N4O10. The number of fused-ring (bicyclic) bond motifs is 1. The molecule has 4 aliphatic rings. The summed E-state index contributed by atoms with van der Waals surface area (Å²) in [6.45, 7) is 17.4. The number of benzene rings is 1. The molecule has 2 amide bonds. The van der Waals surface area contributed by atoms with E-state index in [1.54, 1.807) is 39.8 Å². The van der Waals surface area contributed by atoms with Gasteiger partial charge in [0.05, 0.1) is 47.6 Å². The second-order valence-corrected chi connectivity index (χ2v) is 18.1. The van der Waals surface area contributed by atoms with E-state index in [1.807, 2.05) is 83.8 Å². The van der Waals surface area contributed by atoms with Gasteiger partial charge in [0, 0.05) is 58.6 Å². The Kier molecular flexibility index (Phi) is 14.8. The first-order chi connectivity index (χ1) is 26.7. The van der Waals surface area contributed by atoms with E-state index in [9.17, 15) is 19.8 Å². The van der Waals surface area contributed by atoms with Crippen molar-refractivity contribution in [2.45, 2.75) is 173 Å². The molecule has 4 fully saturated rings. The minimum Gasteiger partial charge on any atom is -0.454 e. The van der Waals surface area contributed by atoms with E-state index in [4.69, 9.17) is 33.4 Å². The maximum absolute atomic E-state index is 14.5. The average Bonchev–Trinajstić information content (AvgIpc) is 3.44. The Labute approximate surface area is 339 Å². The molecule has 14 heteroatoms. The molecule has 1 aromatic rings. The van der Waals surface area contributed by atoms with Crippen molar-refractivity contribution in [3.05, 3.63) is 35.9 Å². The predicted molar refractivity (Wildman–Crippen MR) is 215 cm³/mol. The number of amidine groups is 1. The predicted octanol–water partition coefficient (Wildman–Crippen LogP) is 3.90. The number of hydrogen-bond acceptors (Lipinski definition) is 11. The highest BCUT2D eigenvalue weighted by Gasteiger charge is 2.54. The van der Waals surface area contributed by atoms with Gasteiger partial charge in [0.1, 0.15) is 6.10 Å². The number of likely N-dealkylation sites (N-methyl/N-ethyl adjacent to an activating group) is 1. The Bertz CT molecular complexity index is 1530. The van der Waals surface area contributed by atoms with Gasteiger partial charge in [-0.1, -0.05) is 51.1 Å². The summed E-state index contributed by atoms with van der Waals surface area (Å²) >= 11 is 0. The number of nitrogens with zero attached hydrogens (tertiary/aromatic N) is 3. The van der Waals surface area contributed by atoms with Crippen molar-refractivity contribution in [2.75, 3.05) is 27.7 Å². The molecule has 15 atom stereocenters. The zero-order valence-electron chi connectivity index (χ0n) is 36.2. The Morgan fingerprint density at radius 3 is 2.35 bits per heavy atom. The molecule has 0 spiro atoms. The molecule has 4 heterocycles. The van der Waals surface area contributed by atoms with E-state index >= 15 is 0 Å². The molecule has 1 unspecified atom stereocenters. The number of aliphatic hydroxyl groups is 2. The van der Waals surface area contributed by atoms with Crippen LogP contribution < -0.4 is 5.32 Å². The number of carbonyl (C=O) groups excluding carboxylic acids is 2. The SMILES string of the molecule is CO[C@]1(C)C[C@H](O[C@H]2[C@H](C)[C@@H](O[C@@H]3O[C@H](C)C[C@H]4[C@H]3OC(=NC(C)C)N4C)[C@](C)(O)C[C@@H](C)CN(C)C(=O)CC(Cc3ccccc3)NC(=O)[C@@H]2C)O[C@@H](C)[C@@H]1O. The Hall–Kier alpha value is -2.85. The summed E-state index contributed by atoms with van der Waals surface area (Å²) in [6, 6.07) is 9.74. The lowest BCUT2D eigenvalue weighted by Gasteiger charge is -2.48. The molecule has 4 saturated heterocycles. The van der Waals surface area contributed by atoms with Gasteiger partial charge >= 0.3 is 0 Å². The third kappa shape index (κ3) is 10.7. The number of carbonyl (C=O) groups is 2. The summed E-state index contributed by atoms with van der Waals surface area (Å²) in [7, 11) is 5.28. The van der Waals surface area contributed by atoms with E-state index in [-0.39, 0.29) is 55.2 Å². The molecular weight excluding hydrogens is 732 g/mol. The molecule has 0 aromatic heterocycles. The lowest BCUT2D eigenvalue weighted by molar-refractivity contribution is -0.313. The number of amides is 2. The highest BCUT2D eigenvalue weighted by Crippen LogP contribution is 2.40. The molecule has 0 radical (unpaired) electrons. The van der Waals surface area contributed by atoms with Crippen LogP contribution >= 0.6 is 0 Å². The lowest BCUT2D eigenvalue weighted by Crippen LogP contribution is -2.60. The van der Waals surface area contributed by atoms with Crippen LogP contribution in [0.1, 0.15) is 93.6 Å². The number of ether oxygens (including phenoxy) is 6. The van der Waals surface area contributed by atoms with E-state index in [0.717, 1.165) is 5.56 Å². The van der Waals surface area contributed by atoms with Gasteiger partial charge in [-0.05, 0) is 72.3 Å². The van der Waals surface area contributed by atoms with Crippen molar-refractivity contribution in [3.63, 3.8) is 0 Å². The largest absolute Gasteiger partial charge is 0.454 e. The van der Waals surface area contributed by atoms with Crippen LogP contribution in [0, 0.1) is 17.8 Å². The lowest BCUT2D eigenvalue weighted by atomic mass is 9.77. The van der Waals surface area contributed by atoms with Crippen LogP contribution in [-0.4, -0.2) is 144 Å². The van der Waals surface area contributed by atoms with Crippen molar-refractivity contribution >= 4 is 17.8 Å². The number of methoxy groups -OCH3 is 1. The van der Waals surface area contributed by atoms with Crippen LogP contribution in [0.2, 0.25) is 0 Å². The van der Waals surface area contributed by atoms with Crippen molar-refractivity contribution in [1.82, 2.24) is 15.1 Å². The third-order valence-corrected chi connectivity index (χ3v) is 12.4. The summed E-state index contributed by atoms with van der Waals surface area (Å²) in [5.74, 6) is -2.02. The van der Waals surface area contributed by atoms with Crippen molar-refractivity contribution in [3.8, 4) is 0 Å². The molecule has 5 rings (SSSR count). The van der Waals surface area contributed by atoms with E-state index < -0.39 is 72.2 Å². The summed E-state index contributed by atoms with van der Waals surface area (Å²) < 4.78 is 38.9. The van der Waals surface area contributed by atoms with Crippen molar-refractivity contribution in [1.29, 1.82) is 0 Å². The summed E-state index contributed by atoms with van der Waals surface area (Å²) in [4.78, 5) is 36.7. The second-order valence-electron chi connectivity index (χ2n) is 18.1. The Balaban J connectivity index is 1.56. The number of nitrogens with one attached hydrogen (secondary N) is 1. The van der Waals surface area contributed by atoms with Crippen LogP contribution in [0.3, 0.4) is 0 Å². The smallest absolute Gasteiger partial charge is 0.288 e. The number of aliphatic hydroxyl groups excluding tert-OH is 1. The topological polar surface area (TPSA) is 161 Å². The van der Waals surface area contributed by atoms with E-state index in [2.05, 4.69) is 5.32 Å². The van der Waals surface area contributed by atoms with Gasteiger partial charge in [-0.3, -0.25) is 9.59 Å². The molecule has 0 saturated carbocycles. The maximum Gasteiger partial charge on any atom is 0.288 e. The van der Waals surface area contributed by atoms with Crippen LogP contribution in [0.4, 0.5) is 0 Å². The van der Waals surface area contributed by atoms with E-state index in [0.29, 0.717) is 25.4 Å². The zero-order chi connectivity index (χ0) is 42.0. The minimum atomic E-state index is -1.50. The fraction of sp³-hybridized carbons (Fsp3) is 0.791. The molecule has 1 aromatic carbocycles. The molecule has 322 valence electrons. The second kappa shape index (κ2) is 18.6. The van der Waals surface area contributed by atoms with Crippen LogP contribution in [-0.2, 0) is 44.4 Å². The Morgan fingerprint density at radius 1 is 1.02 bits per heavy atom. The van der Waals surface area contributed by atoms with Crippen molar-refractivity contribution < 1.29 is 48.2 Å². The fourth-order valence-corrected chi connectivity index (χ4v) is 9.33. The third-order valence-electron chi connectivity index (χ3n) is 12.4.